The summed E-state index contributed by atoms with van der Waals surface area (Å²) in [6.07, 6.45) is 2.54. The molecule has 5 nitrogen and oxygen atoms in total. The summed E-state index contributed by atoms with van der Waals surface area (Å²) in [6.45, 7) is 7.65. The van der Waals surface area contributed by atoms with Crippen molar-refractivity contribution in [2.75, 3.05) is 6.61 Å². The molecule has 2 unspecified atom stereocenters. The van der Waals surface area contributed by atoms with Gasteiger partial charge in [0.05, 0.1) is 18.2 Å². The maximum atomic E-state index is 10.7. The fourth-order valence-electron chi connectivity index (χ4n) is 2.53. The minimum atomic E-state index is -0.963. The summed E-state index contributed by atoms with van der Waals surface area (Å²) in [5.41, 5.74) is 0.287. The molecule has 2 rings (SSSR count). The highest BCUT2D eigenvalue weighted by Gasteiger charge is 2.48. The second-order valence-electron chi connectivity index (χ2n) is 5.54. The minimum absolute atomic E-state index is 0.0955. The summed E-state index contributed by atoms with van der Waals surface area (Å²) >= 11 is 0. The van der Waals surface area contributed by atoms with E-state index in [4.69, 9.17) is 14.3 Å². The molecule has 0 radical (unpaired) electrons. The van der Waals surface area contributed by atoms with Gasteiger partial charge in [-0.3, -0.25) is 0 Å². The van der Waals surface area contributed by atoms with Crippen molar-refractivity contribution < 1.29 is 19.1 Å². The Hall–Kier alpha value is -1.33. The Morgan fingerprint density at radius 3 is 2.89 bits per heavy atom. The highest BCUT2D eigenvalue weighted by Crippen LogP contribution is 2.42. The number of carboxylic acid groups (broad SMARTS) is 1. The van der Waals surface area contributed by atoms with Crippen LogP contribution in [0.25, 0.3) is 0 Å². The third-order valence-electron chi connectivity index (χ3n) is 3.97. The van der Waals surface area contributed by atoms with Crippen LogP contribution in [0.1, 0.15) is 43.3 Å². The number of carbonyl (C=O) groups is 1. The topological polar surface area (TPSA) is 71.7 Å². The lowest BCUT2D eigenvalue weighted by molar-refractivity contribution is -0.114. The molecule has 0 saturated heterocycles. The quantitative estimate of drug-likeness (QED) is 0.827. The van der Waals surface area contributed by atoms with Gasteiger partial charge in [-0.05, 0) is 19.4 Å². The van der Waals surface area contributed by atoms with Crippen molar-refractivity contribution >= 4 is 5.97 Å². The summed E-state index contributed by atoms with van der Waals surface area (Å²) < 4.78 is 10.9. The van der Waals surface area contributed by atoms with Gasteiger partial charge in [0.25, 0.3) is 0 Å². The van der Waals surface area contributed by atoms with Crippen LogP contribution in [0.3, 0.4) is 0 Å². The van der Waals surface area contributed by atoms with Crippen LogP contribution < -0.4 is 5.32 Å². The van der Waals surface area contributed by atoms with Gasteiger partial charge >= 0.3 is 5.97 Å². The van der Waals surface area contributed by atoms with Crippen LogP contribution in [0.2, 0.25) is 0 Å². The van der Waals surface area contributed by atoms with E-state index in [9.17, 15) is 4.79 Å². The molecule has 0 amide bonds. The first-order chi connectivity index (χ1) is 8.95. The zero-order valence-electron chi connectivity index (χ0n) is 11.6. The predicted molar refractivity (Wildman–Crippen MR) is 70.1 cm³/mol. The molecule has 2 N–H and O–H groups in total. The first-order valence-corrected chi connectivity index (χ1v) is 6.60. The maximum absolute atomic E-state index is 10.7. The largest absolute Gasteiger partial charge is 0.478 e. The number of ether oxygens (including phenoxy) is 1. The molecule has 1 aromatic heterocycles. The maximum Gasteiger partial charge on any atom is 0.338 e. The number of hydrogen-bond acceptors (Lipinski definition) is 4. The number of rotatable bonds is 6. The molecule has 0 bridgehead atoms. The SMILES string of the molecule is CCOC1CC(NCc2cc(C(=O)O)co2)C1(C)C. The van der Waals surface area contributed by atoms with E-state index in [2.05, 4.69) is 19.2 Å². The van der Waals surface area contributed by atoms with Crippen molar-refractivity contribution in [1.29, 1.82) is 0 Å². The lowest BCUT2D eigenvalue weighted by atomic mass is 9.64. The van der Waals surface area contributed by atoms with E-state index in [0.29, 0.717) is 24.5 Å². The Morgan fingerprint density at radius 1 is 1.63 bits per heavy atom. The second kappa shape index (κ2) is 5.35. The summed E-state index contributed by atoms with van der Waals surface area (Å²) in [7, 11) is 0. The summed E-state index contributed by atoms with van der Waals surface area (Å²) in [6, 6.07) is 1.92. The van der Waals surface area contributed by atoms with Crippen molar-refractivity contribution in [2.45, 2.75) is 45.9 Å². The fourth-order valence-corrected chi connectivity index (χ4v) is 2.53. The lowest BCUT2D eigenvalue weighted by Crippen LogP contribution is -2.60. The minimum Gasteiger partial charge on any atom is -0.478 e. The molecule has 1 aliphatic rings. The van der Waals surface area contributed by atoms with E-state index in [1.54, 1.807) is 6.07 Å². The molecular formula is C14H21NO4. The van der Waals surface area contributed by atoms with Crippen LogP contribution in [-0.2, 0) is 11.3 Å². The Balaban J connectivity index is 1.85. The molecule has 0 spiro atoms. The first kappa shape index (κ1) is 14.1. The molecule has 1 fully saturated rings. The monoisotopic (exact) mass is 267 g/mol. The van der Waals surface area contributed by atoms with Crippen LogP contribution in [0.15, 0.2) is 16.7 Å². The third-order valence-corrected chi connectivity index (χ3v) is 3.97. The zero-order valence-corrected chi connectivity index (χ0v) is 11.6. The zero-order chi connectivity index (χ0) is 14.0. The predicted octanol–water partition coefficient (Wildman–Crippen LogP) is 2.27. The summed E-state index contributed by atoms with van der Waals surface area (Å²) in [5, 5.41) is 12.2. The molecule has 0 aromatic carbocycles. The van der Waals surface area contributed by atoms with Gasteiger partial charge in [-0.2, -0.15) is 0 Å². The van der Waals surface area contributed by atoms with Gasteiger partial charge < -0.3 is 19.6 Å². The van der Waals surface area contributed by atoms with Crippen molar-refractivity contribution in [2.24, 2.45) is 5.41 Å². The molecule has 1 aliphatic carbocycles. The van der Waals surface area contributed by atoms with E-state index in [-0.39, 0.29) is 11.0 Å². The van der Waals surface area contributed by atoms with Crippen LogP contribution in [0.5, 0.6) is 0 Å². The summed E-state index contributed by atoms with van der Waals surface area (Å²) in [5.74, 6) is -0.316. The lowest BCUT2D eigenvalue weighted by Gasteiger charge is -2.51. The molecule has 1 heterocycles. The highest BCUT2D eigenvalue weighted by molar-refractivity contribution is 5.87. The Labute approximate surface area is 112 Å². The standard InChI is InChI=1S/C14H21NO4/c1-4-18-12-6-11(14(12,2)3)15-7-10-5-9(8-19-10)13(16)17/h5,8,11-12,15H,4,6-7H2,1-3H3,(H,16,17). The molecule has 0 aliphatic heterocycles. The molecule has 1 saturated carbocycles. The third kappa shape index (κ3) is 2.82. The second-order valence-corrected chi connectivity index (χ2v) is 5.54. The van der Waals surface area contributed by atoms with E-state index in [0.717, 1.165) is 13.0 Å². The van der Waals surface area contributed by atoms with Gasteiger partial charge in [0.2, 0.25) is 0 Å². The van der Waals surface area contributed by atoms with Crippen molar-refractivity contribution in [1.82, 2.24) is 5.32 Å². The number of carboxylic acids is 1. The van der Waals surface area contributed by atoms with Gasteiger partial charge in [0.1, 0.15) is 12.0 Å². The average molecular weight is 267 g/mol. The van der Waals surface area contributed by atoms with Crippen molar-refractivity contribution in [3.8, 4) is 0 Å². The van der Waals surface area contributed by atoms with Gasteiger partial charge in [0.15, 0.2) is 0 Å². The van der Waals surface area contributed by atoms with Crippen LogP contribution >= 0.6 is 0 Å². The molecular weight excluding hydrogens is 246 g/mol. The van der Waals surface area contributed by atoms with Crippen molar-refractivity contribution in [3.63, 3.8) is 0 Å². The van der Waals surface area contributed by atoms with E-state index in [1.165, 1.54) is 6.26 Å². The molecule has 19 heavy (non-hydrogen) atoms. The number of hydrogen-bond donors (Lipinski definition) is 2. The fraction of sp³-hybridized carbons (Fsp3) is 0.643. The smallest absolute Gasteiger partial charge is 0.338 e. The number of nitrogens with one attached hydrogen (secondary N) is 1. The summed E-state index contributed by atoms with van der Waals surface area (Å²) in [4.78, 5) is 10.7. The number of furan rings is 1. The van der Waals surface area contributed by atoms with Crippen LogP contribution in [0, 0.1) is 5.41 Å². The molecule has 106 valence electrons. The van der Waals surface area contributed by atoms with Gasteiger partial charge in [0, 0.05) is 18.1 Å². The van der Waals surface area contributed by atoms with E-state index in [1.807, 2.05) is 6.92 Å². The van der Waals surface area contributed by atoms with Crippen LogP contribution in [0.4, 0.5) is 0 Å². The highest BCUT2D eigenvalue weighted by atomic mass is 16.5. The number of aromatic carboxylic acids is 1. The van der Waals surface area contributed by atoms with Gasteiger partial charge in [-0.1, -0.05) is 13.8 Å². The van der Waals surface area contributed by atoms with Crippen molar-refractivity contribution in [3.05, 3.63) is 23.7 Å². The molecule has 5 heteroatoms. The Bertz CT molecular complexity index is 452. The Morgan fingerprint density at radius 2 is 2.37 bits per heavy atom. The van der Waals surface area contributed by atoms with Gasteiger partial charge in [-0.15, -0.1) is 0 Å². The van der Waals surface area contributed by atoms with Gasteiger partial charge in [-0.25, -0.2) is 4.79 Å². The van der Waals surface area contributed by atoms with E-state index < -0.39 is 5.97 Å². The molecule has 1 aromatic rings. The Kier molecular flexibility index (Phi) is 3.96. The van der Waals surface area contributed by atoms with E-state index >= 15 is 0 Å². The van der Waals surface area contributed by atoms with Crippen LogP contribution in [-0.4, -0.2) is 29.8 Å². The first-order valence-electron chi connectivity index (χ1n) is 6.60. The average Bonchev–Trinajstić information content (AvgIpc) is 2.81. The molecule has 2 atom stereocenters. The normalized spacial score (nSPS) is 25.0.